The van der Waals surface area contributed by atoms with Crippen molar-refractivity contribution in [2.45, 2.75) is 71.4 Å². The number of nitrogens with zero attached hydrogens (tertiary/aromatic N) is 6. The van der Waals surface area contributed by atoms with Crippen LogP contribution in [0.5, 0.6) is 0 Å². The van der Waals surface area contributed by atoms with Crippen LogP contribution in [0.4, 0.5) is 0 Å². The number of H-pyrrole nitrogens is 2. The molecule has 10 N–H and O–H groups in total. The Hall–Kier alpha value is -8.24. The quantitative estimate of drug-likeness (QED) is 0.0660. The van der Waals surface area contributed by atoms with E-state index in [1.807, 2.05) is 0 Å². The third-order valence-electron chi connectivity index (χ3n) is 11.8. The summed E-state index contributed by atoms with van der Waals surface area (Å²) in [6, 6.07) is 8.10. The van der Waals surface area contributed by atoms with E-state index in [1.54, 1.807) is 0 Å². The number of carbonyl (C=O) groups is 4. The predicted molar refractivity (Wildman–Crippen MR) is 266 cm³/mol. The van der Waals surface area contributed by atoms with E-state index in [-0.39, 0.29) is 89.7 Å². The average molecular weight is 1120 g/mol. The molecule has 5 heterocycles. The van der Waals surface area contributed by atoms with Crippen LogP contribution in [-0.2, 0) is 59.3 Å². The molecule has 2 aliphatic heterocycles. The fourth-order valence-electron chi connectivity index (χ4n) is 7.78. The third kappa shape index (κ3) is 9.80. The van der Waals surface area contributed by atoms with E-state index in [2.05, 4.69) is 38.8 Å². The number of aromatic nitrogens is 8. The second kappa shape index (κ2) is 18.8. The van der Waals surface area contributed by atoms with Crippen LogP contribution in [0.3, 0.4) is 0 Å². The Labute approximate surface area is 428 Å². The Bertz CT molecular complexity index is 4100. The largest absolute Gasteiger partial charge is 0.480 e. The molecule has 0 fully saturated rings. The van der Waals surface area contributed by atoms with Gasteiger partial charge >= 0.3 is 23.9 Å². The summed E-state index contributed by atoms with van der Waals surface area (Å²) in [7, 11) is -18.2. The van der Waals surface area contributed by atoms with Crippen molar-refractivity contribution in [2.24, 2.45) is 0 Å². The number of hydrogen-bond donors (Lipinski definition) is 10. The van der Waals surface area contributed by atoms with Crippen molar-refractivity contribution in [3.63, 3.8) is 0 Å². The van der Waals surface area contributed by atoms with E-state index in [0.717, 1.165) is 76.2 Å². The maximum Gasteiger partial charge on any atom is 0.321 e. The van der Waals surface area contributed by atoms with Gasteiger partial charge in [-0.1, -0.05) is 0 Å². The van der Waals surface area contributed by atoms with E-state index >= 15 is 0 Å². The summed E-state index contributed by atoms with van der Waals surface area (Å²) < 4.78 is 117. The van der Waals surface area contributed by atoms with Crippen LogP contribution in [0, 0.1) is 0 Å². The first-order valence-electron chi connectivity index (χ1n) is 21.9. The molecule has 8 bridgehead atoms. The highest BCUT2D eigenvalue weighted by molar-refractivity contribution is 7.90. The molecule has 394 valence electrons. The Kier molecular flexibility index (Phi) is 13.0. The van der Waals surface area contributed by atoms with E-state index in [1.165, 1.54) is 24.3 Å². The summed E-state index contributed by atoms with van der Waals surface area (Å²) >= 11 is 0. The number of hydrogen-bond acceptors (Lipinski definition) is 18. The number of aliphatic carboxylic acids is 4. The highest BCUT2D eigenvalue weighted by atomic mass is 32.2. The van der Waals surface area contributed by atoms with Gasteiger partial charge in [0.2, 0.25) is 40.1 Å². The molecular formula is C44H38N12O16S4. The highest BCUT2D eigenvalue weighted by Gasteiger charge is 2.30. The van der Waals surface area contributed by atoms with Crippen molar-refractivity contribution in [2.75, 3.05) is 0 Å². The Morgan fingerprint density at radius 3 is 0.908 bits per heavy atom. The lowest BCUT2D eigenvalue weighted by Crippen LogP contribution is -2.38. The van der Waals surface area contributed by atoms with Gasteiger partial charge in [-0.3, -0.25) is 19.2 Å². The smallest absolute Gasteiger partial charge is 0.321 e. The predicted octanol–water partition coefficient (Wildman–Crippen LogP) is 1.87. The van der Waals surface area contributed by atoms with Gasteiger partial charge in [-0.15, -0.1) is 0 Å². The maximum absolute atomic E-state index is 13.6. The zero-order chi connectivity index (χ0) is 55.1. The van der Waals surface area contributed by atoms with Gasteiger partial charge in [0.25, 0.3) is 0 Å². The molecule has 2 aliphatic rings. The molecule has 0 saturated carbocycles. The molecule has 4 atom stereocenters. The molecule has 0 amide bonds. The van der Waals surface area contributed by atoms with Crippen molar-refractivity contribution < 1.29 is 73.3 Å². The summed E-state index contributed by atoms with van der Waals surface area (Å²) in [5.41, 5.74) is -0.227. The summed E-state index contributed by atoms with van der Waals surface area (Å²) in [5, 5.41) is 38.3. The molecule has 3 aromatic heterocycles. The molecular weight excluding hydrogens is 1080 g/mol. The molecule has 76 heavy (non-hydrogen) atoms. The number of aromatic amines is 2. The molecule has 4 unspecified atom stereocenters. The van der Waals surface area contributed by atoms with Crippen molar-refractivity contribution in [3.8, 4) is 45.6 Å². The molecule has 4 aromatic carbocycles. The zero-order valence-corrected chi connectivity index (χ0v) is 42.5. The van der Waals surface area contributed by atoms with Gasteiger partial charge in [0, 0.05) is 43.8 Å². The Morgan fingerprint density at radius 1 is 0.368 bits per heavy atom. The second-order valence-electron chi connectivity index (χ2n) is 17.2. The zero-order valence-electron chi connectivity index (χ0n) is 39.2. The normalized spacial score (nSPS) is 14.4. The van der Waals surface area contributed by atoms with Crippen molar-refractivity contribution in [1.29, 1.82) is 0 Å². The van der Waals surface area contributed by atoms with Gasteiger partial charge in [-0.25, -0.2) is 63.6 Å². The van der Waals surface area contributed by atoms with Crippen LogP contribution in [-0.4, -0.2) is 142 Å². The van der Waals surface area contributed by atoms with Gasteiger partial charge in [0.05, 0.1) is 19.6 Å². The van der Waals surface area contributed by atoms with Crippen LogP contribution in [0.15, 0.2) is 92.4 Å². The molecule has 0 saturated heterocycles. The lowest BCUT2D eigenvalue weighted by Gasteiger charge is -2.11. The maximum atomic E-state index is 13.6. The van der Waals surface area contributed by atoms with E-state index < -0.39 is 108 Å². The first-order valence-corrected chi connectivity index (χ1v) is 27.9. The fraction of sp³-hybridized carbons (Fsp3) is 0.182. The summed E-state index contributed by atoms with van der Waals surface area (Å²) in [6.45, 7) is 4.43. The highest BCUT2D eigenvalue weighted by Crippen LogP contribution is 2.39. The van der Waals surface area contributed by atoms with Gasteiger partial charge < -0.3 is 30.4 Å². The average Bonchev–Trinajstić information content (AvgIpc) is 4.08. The minimum Gasteiger partial charge on any atom is -0.480 e. The summed E-state index contributed by atoms with van der Waals surface area (Å²) in [4.78, 5) is 79.3. The number of carboxylic acid groups (broad SMARTS) is 4. The number of carboxylic acids is 4. The van der Waals surface area contributed by atoms with Crippen LogP contribution in [0.2, 0.25) is 0 Å². The standard InChI is InChI=1S/C44H38N12O16S4/c1-17(41(57)58)53-73(65,66)21-5-9-25-29(13-21)37-45-33(25)50-38-31-15-23(75(69,70)55-19(3)43(61)62)7-11-27(31)35(47-38)52-40-32-16-24(76(71,72)56-20(4)44(63)64)8-12-28(32)36(48-40)51-39-30-14-22(6-10-26(30)34(46-39)49-37)74(67,68)54-18(2)42(59)60/h5-20,53-56H,1-4H3,(H,57,58)(H,59,60)(H,61,62)(H,63,64)(H2,45,46,47,48,49,50,51,52). The molecule has 9 rings (SSSR count). The third-order valence-corrected chi connectivity index (χ3v) is 17.9. The van der Waals surface area contributed by atoms with Gasteiger partial charge in [0.1, 0.15) is 46.8 Å². The summed E-state index contributed by atoms with van der Waals surface area (Å²) in [5.74, 6) is -6.73. The summed E-state index contributed by atoms with van der Waals surface area (Å²) in [6.07, 6.45) is 0. The minimum atomic E-state index is -4.56. The molecule has 0 aliphatic carbocycles. The molecule has 0 radical (unpaired) electrons. The molecule has 32 heteroatoms. The number of sulfonamides is 4. The van der Waals surface area contributed by atoms with Crippen LogP contribution in [0.1, 0.15) is 27.7 Å². The van der Waals surface area contributed by atoms with E-state index in [9.17, 15) is 73.3 Å². The van der Waals surface area contributed by atoms with Gasteiger partial charge in [-0.05, 0) is 100 Å². The van der Waals surface area contributed by atoms with Crippen molar-refractivity contribution in [3.05, 3.63) is 72.8 Å². The van der Waals surface area contributed by atoms with Crippen molar-refractivity contribution >= 4 is 108 Å². The monoisotopic (exact) mass is 1120 g/mol. The first-order chi connectivity index (χ1) is 35.5. The topological polar surface area (TPSA) is 443 Å². The van der Waals surface area contributed by atoms with E-state index in [4.69, 9.17) is 19.9 Å². The Balaban J connectivity index is 1.40. The van der Waals surface area contributed by atoms with Crippen LogP contribution < -0.4 is 18.9 Å². The minimum absolute atomic E-state index is 0.00280. The number of nitrogens with one attached hydrogen (secondary N) is 6. The van der Waals surface area contributed by atoms with Crippen LogP contribution >= 0.6 is 0 Å². The molecule has 28 nitrogen and oxygen atoms in total. The Morgan fingerprint density at radius 2 is 0.618 bits per heavy atom. The van der Waals surface area contributed by atoms with Crippen molar-refractivity contribution in [1.82, 2.24) is 58.8 Å². The lowest BCUT2D eigenvalue weighted by atomic mass is 10.1. The number of rotatable bonds is 16. The number of benzene rings is 4. The molecule has 7 aromatic rings. The fourth-order valence-corrected chi connectivity index (χ4v) is 12.7. The SMILES string of the molecule is CC(NS(=O)(=O)c1ccc2c(c1)-c1nc-2nc2[nH]c(nc3nc(nc4[nH]c(n1)c1ccc(S(=O)(=O)NC(C)C(=O)O)cc41)-c1ccc(S(=O)(=O)NC(C)C(=O)O)cc1-3)c1ccc(S(=O)(=O)NC(C)C(=O)O)cc21)C(=O)O. The molecule has 0 spiro atoms. The lowest BCUT2D eigenvalue weighted by molar-refractivity contribution is -0.139. The van der Waals surface area contributed by atoms with E-state index in [0.29, 0.717) is 0 Å². The van der Waals surface area contributed by atoms with Gasteiger partial charge in [-0.2, -0.15) is 18.9 Å². The first kappa shape index (κ1) is 52.6. The van der Waals surface area contributed by atoms with Crippen LogP contribution in [0.25, 0.3) is 89.7 Å². The second-order valence-corrected chi connectivity index (χ2v) is 24.0. The van der Waals surface area contributed by atoms with Gasteiger partial charge in [0.15, 0.2) is 23.3 Å². The number of fused-ring (bicyclic) bond motifs is 20.